The fourth-order valence-corrected chi connectivity index (χ4v) is 5.73. The number of aryl methyl sites for hydroxylation is 2. The van der Waals surface area contributed by atoms with Crippen molar-refractivity contribution in [2.45, 2.75) is 97.1 Å². The van der Waals surface area contributed by atoms with Crippen LogP contribution in [0.4, 0.5) is 13.2 Å². The number of aliphatic imine (C=N–C) groups is 1. The number of nitrogens with zero attached hydrogens (tertiary/aromatic N) is 1. The molecule has 240 valence electrons. The van der Waals surface area contributed by atoms with Gasteiger partial charge >= 0.3 is 14.8 Å². The molecule has 0 N–H and O–H groups in total. The van der Waals surface area contributed by atoms with Gasteiger partial charge in [0.1, 0.15) is 23.6 Å². The molecule has 0 saturated carbocycles. The van der Waals surface area contributed by atoms with E-state index in [-0.39, 0.29) is 25.6 Å². The zero-order valence-electron chi connectivity index (χ0n) is 26.5. The summed E-state index contributed by atoms with van der Waals surface area (Å²) in [4.78, 5) is 4.69. The average molecular weight is 628 g/mol. The largest absolute Gasteiger partial charge is 0.497 e. The first kappa shape index (κ1) is 35.1. The number of hydrogen-bond donors (Lipinski definition) is 0. The second kappa shape index (κ2) is 14.6. The minimum atomic E-state index is -4.56. The Bertz CT molecular complexity index is 1210. The van der Waals surface area contributed by atoms with Crippen LogP contribution in [-0.2, 0) is 37.3 Å². The second-order valence-corrected chi connectivity index (χ2v) is 13.8. The molecule has 2 aromatic carbocycles. The number of alkyl halides is 3. The maximum absolute atomic E-state index is 14.1. The molecule has 1 aliphatic rings. The van der Waals surface area contributed by atoms with E-state index in [9.17, 15) is 13.2 Å². The maximum Gasteiger partial charge on any atom is 0.419 e. The quantitative estimate of drug-likeness (QED) is 0.154. The number of ether oxygens (including phenoxy) is 3. The van der Waals surface area contributed by atoms with Crippen molar-refractivity contribution in [3.05, 3.63) is 59.2 Å². The molecule has 0 spiro atoms. The molecule has 1 aliphatic heterocycles. The number of methoxy groups -OCH3 is 1. The third kappa shape index (κ3) is 11.9. The average Bonchev–Trinajstić information content (AvgIpc) is 3.27. The lowest BCUT2D eigenvalue weighted by Crippen LogP contribution is -2.35. The third-order valence-corrected chi connectivity index (χ3v) is 8.04. The van der Waals surface area contributed by atoms with Crippen LogP contribution in [0.15, 0.2) is 47.5 Å². The SMILES string of the molecule is COc1cccc(CCCOc2ccc(CCC3(COP(OC(C)(C)C)OC(C)(C)C)COC(C)=N3)cc2C(F)(F)F)c1. The van der Waals surface area contributed by atoms with E-state index in [2.05, 4.69) is 4.99 Å². The van der Waals surface area contributed by atoms with Crippen molar-refractivity contribution in [3.63, 3.8) is 0 Å². The van der Waals surface area contributed by atoms with Crippen molar-refractivity contribution in [1.29, 1.82) is 0 Å². The molecule has 0 aromatic heterocycles. The van der Waals surface area contributed by atoms with Gasteiger partial charge in [-0.15, -0.1) is 0 Å². The Morgan fingerprint density at radius 1 is 0.930 bits per heavy atom. The molecule has 1 heterocycles. The summed E-state index contributed by atoms with van der Waals surface area (Å²) < 4.78 is 76.9. The molecule has 0 aliphatic carbocycles. The van der Waals surface area contributed by atoms with Gasteiger partial charge in [-0.2, -0.15) is 13.2 Å². The summed E-state index contributed by atoms with van der Waals surface area (Å²) >= 11 is 0. The van der Waals surface area contributed by atoms with E-state index >= 15 is 0 Å². The van der Waals surface area contributed by atoms with Crippen molar-refractivity contribution in [3.8, 4) is 11.5 Å². The van der Waals surface area contributed by atoms with Crippen LogP contribution in [0.1, 0.15) is 78.0 Å². The van der Waals surface area contributed by atoms with Gasteiger partial charge in [-0.25, -0.2) is 4.99 Å². The normalized spacial score (nSPS) is 17.6. The van der Waals surface area contributed by atoms with Crippen LogP contribution in [0.3, 0.4) is 0 Å². The molecule has 3 rings (SSSR count). The fraction of sp³-hybridized carbons (Fsp3) is 0.594. The van der Waals surface area contributed by atoms with E-state index in [0.29, 0.717) is 37.1 Å². The first-order valence-corrected chi connectivity index (χ1v) is 15.5. The minimum Gasteiger partial charge on any atom is -0.497 e. The van der Waals surface area contributed by atoms with Crippen molar-refractivity contribution < 1.29 is 41.0 Å². The number of rotatable bonds is 14. The first-order chi connectivity index (χ1) is 20.0. The van der Waals surface area contributed by atoms with Gasteiger partial charge in [0.25, 0.3) is 0 Å². The van der Waals surface area contributed by atoms with Crippen LogP contribution in [-0.4, -0.2) is 49.6 Å². The van der Waals surface area contributed by atoms with Gasteiger partial charge in [-0.1, -0.05) is 18.2 Å². The van der Waals surface area contributed by atoms with Gasteiger partial charge in [-0.3, -0.25) is 0 Å². The molecular weight excluding hydrogens is 582 g/mol. The van der Waals surface area contributed by atoms with Crippen molar-refractivity contribution in [2.75, 3.05) is 26.9 Å². The molecular formula is C32H45F3NO6P. The van der Waals surface area contributed by atoms with E-state index in [1.165, 1.54) is 6.07 Å². The Kier molecular flexibility index (Phi) is 11.9. The Hall–Kier alpha value is -2.39. The van der Waals surface area contributed by atoms with Crippen LogP contribution >= 0.6 is 8.60 Å². The molecule has 0 saturated heterocycles. The minimum absolute atomic E-state index is 0.142. The van der Waals surface area contributed by atoms with Crippen LogP contribution in [0, 0.1) is 0 Å². The lowest BCUT2D eigenvalue weighted by molar-refractivity contribution is -0.139. The van der Waals surface area contributed by atoms with Gasteiger partial charge in [-0.05, 0) is 103 Å². The first-order valence-electron chi connectivity index (χ1n) is 14.4. The summed E-state index contributed by atoms with van der Waals surface area (Å²) in [5, 5.41) is 0. The molecule has 1 unspecified atom stereocenters. The third-order valence-electron chi connectivity index (χ3n) is 6.31. The van der Waals surface area contributed by atoms with Crippen molar-refractivity contribution in [2.24, 2.45) is 4.99 Å². The molecule has 0 amide bonds. The molecule has 2 aromatic rings. The molecule has 0 radical (unpaired) electrons. The standard InChI is InChI=1S/C32H45F3NO6P/c1-23-36-31(21-39-23,22-40-43(41-29(2,3)4)42-30(5,6)7)17-16-25-14-15-28(27(20-25)32(33,34)35)38-18-10-12-24-11-9-13-26(19-24)37-8/h9,11,13-15,19-20H,10,12,16-18,21-22H2,1-8H3. The highest BCUT2D eigenvalue weighted by Crippen LogP contribution is 2.48. The summed E-state index contributed by atoms with van der Waals surface area (Å²) in [6, 6.07) is 11.8. The van der Waals surface area contributed by atoms with E-state index in [4.69, 9.17) is 27.8 Å². The summed E-state index contributed by atoms with van der Waals surface area (Å²) in [6.45, 7) is 13.8. The Morgan fingerprint density at radius 2 is 1.60 bits per heavy atom. The predicted octanol–water partition coefficient (Wildman–Crippen LogP) is 8.72. The molecule has 11 heteroatoms. The fourth-order valence-electron chi connectivity index (χ4n) is 4.35. The topological polar surface area (TPSA) is 67.7 Å². The highest BCUT2D eigenvalue weighted by molar-refractivity contribution is 7.41. The highest BCUT2D eigenvalue weighted by Gasteiger charge is 2.39. The molecule has 0 fully saturated rings. The number of halogens is 3. The molecule has 43 heavy (non-hydrogen) atoms. The van der Waals surface area contributed by atoms with Crippen LogP contribution in [0.25, 0.3) is 0 Å². The summed E-state index contributed by atoms with van der Waals surface area (Å²) in [6.07, 6.45) is -2.59. The number of benzene rings is 2. The van der Waals surface area contributed by atoms with Crippen molar-refractivity contribution >= 4 is 14.5 Å². The second-order valence-electron chi connectivity index (χ2n) is 12.7. The Morgan fingerprint density at radius 3 is 2.19 bits per heavy atom. The summed E-state index contributed by atoms with van der Waals surface area (Å²) in [7, 11) is -0.117. The van der Waals surface area contributed by atoms with Crippen LogP contribution in [0.2, 0.25) is 0 Å². The predicted molar refractivity (Wildman–Crippen MR) is 163 cm³/mol. The molecule has 7 nitrogen and oxygen atoms in total. The number of hydrogen-bond acceptors (Lipinski definition) is 7. The monoisotopic (exact) mass is 627 g/mol. The lowest BCUT2D eigenvalue weighted by atomic mass is 9.93. The van der Waals surface area contributed by atoms with E-state index in [1.807, 2.05) is 65.8 Å². The summed E-state index contributed by atoms with van der Waals surface area (Å²) in [5.74, 6) is 1.07. The summed E-state index contributed by atoms with van der Waals surface area (Å²) in [5.41, 5.74) is -1.01. The Labute approximate surface area is 255 Å². The van der Waals surface area contributed by atoms with Gasteiger partial charge in [0.05, 0.1) is 37.1 Å². The van der Waals surface area contributed by atoms with Gasteiger partial charge < -0.3 is 27.8 Å². The van der Waals surface area contributed by atoms with Gasteiger partial charge in [0, 0.05) is 6.92 Å². The zero-order valence-corrected chi connectivity index (χ0v) is 27.4. The highest BCUT2D eigenvalue weighted by atomic mass is 31.2. The van der Waals surface area contributed by atoms with E-state index in [1.54, 1.807) is 20.1 Å². The van der Waals surface area contributed by atoms with Crippen LogP contribution in [0.5, 0.6) is 11.5 Å². The molecule has 0 bridgehead atoms. The van der Waals surface area contributed by atoms with E-state index in [0.717, 1.165) is 17.4 Å². The zero-order chi connectivity index (χ0) is 31.9. The van der Waals surface area contributed by atoms with Gasteiger partial charge in [0.2, 0.25) is 0 Å². The smallest absolute Gasteiger partial charge is 0.419 e. The maximum atomic E-state index is 14.1. The van der Waals surface area contributed by atoms with E-state index < -0.39 is 37.1 Å². The van der Waals surface area contributed by atoms with Gasteiger partial charge in [0.15, 0.2) is 5.90 Å². The lowest BCUT2D eigenvalue weighted by Gasteiger charge is -2.32. The Balaban J connectivity index is 1.67. The van der Waals surface area contributed by atoms with Crippen LogP contribution < -0.4 is 9.47 Å². The van der Waals surface area contributed by atoms with Crippen molar-refractivity contribution in [1.82, 2.24) is 0 Å². The molecule has 1 atom stereocenters.